The third kappa shape index (κ3) is 3.34. The third-order valence-corrected chi connectivity index (χ3v) is 4.58. The van der Waals surface area contributed by atoms with Gasteiger partial charge in [-0.2, -0.15) is 0 Å². The number of benzene rings is 1. The lowest BCUT2D eigenvalue weighted by atomic mass is 10.1. The number of ether oxygens (including phenoxy) is 1. The standard InChI is InChI=1S/C21H21N5O4/c1-21(2,3)30-20(29)26-9-13(12-6-4-5-7-15(12)26)14-8-25(10-16(27)28)19-17(14)18(22)23-11-24-19/h4-9,11H,10H2,1-3H3,(H,27,28)(H2,22,23,24). The summed E-state index contributed by atoms with van der Waals surface area (Å²) in [6.07, 6.45) is 4.13. The summed E-state index contributed by atoms with van der Waals surface area (Å²) in [7, 11) is 0. The van der Waals surface area contributed by atoms with E-state index in [9.17, 15) is 14.7 Å². The molecule has 0 fully saturated rings. The largest absolute Gasteiger partial charge is 0.480 e. The molecule has 0 amide bonds. The van der Waals surface area contributed by atoms with E-state index in [4.69, 9.17) is 10.5 Å². The van der Waals surface area contributed by atoms with Crippen LogP contribution in [0.25, 0.3) is 33.1 Å². The number of carboxylic acid groups (broad SMARTS) is 1. The number of fused-ring (bicyclic) bond motifs is 2. The molecule has 0 unspecified atom stereocenters. The topological polar surface area (TPSA) is 125 Å². The number of carbonyl (C=O) groups excluding carboxylic acids is 1. The Hall–Kier alpha value is -3.88. The van der Waals surface area contributed by atoms with Crippen molar-refractivity contribution in [3.63, 3.8) is 0 Å². The maximum absolute atomic E-state index is 12.8. The molecular weight excluding hydrogens is 386 g/mol. The Morgan fingerprint density at radius 1 is 1.13 bits per heavy atom. The van der Waals surface area contributed by atoms with Gasteiger partial charge in [0.2, 0.25) is 0 Å². The molecule has 4 aromatic rings. The van der Waals surface area contributed by atoms with Gasteiger partial charge in [0.25, 0.3) is 0 Å². The minimum atomic E-state index is -1.01. The fourth-order valence-corrected chi connectivity index (χ4v) is 3.47. The summed E-state index contributed by atoms with van der Waals surface area (Å²) in [4.78, 5) is 32.4. The summed E-state index contributed by atoms with van der Waals surface area (Å²) in [6.45, 7) is 5.12. The molecule has 0 atom stereocenters. The van der Waals surface area contributed by atoms with Gasteiger partial charge in [0.15, 0.2) is 0 Å². The number of aliphatic carboxylic acids is 1. The number of hydrogen-bond donors (Lipinski definition) is 2. The van der Waals surface area contributed by atoms with Crippen molar-refractivity contribution in [3.8, 4) is 11.1 Å². The molecule has 0 bridgehead atoms. The molecular formula is C21H21N5O4. The minimum absolute atomic E-state index is 0.230. The first-order chi connectivity index (χ1) is 14.2. The molecule has 3 aromatic heterocycles. The molecule has 0 radical (unpaired) electrons. The Bertz CT molecular complexity index is 1300. The van der Waals surface area contributed by atoms with Crippen molar-refractivity contribution in [1.29, 1.82) is 0 Å². The molecule has 30 heavy (non-hydrogen) atoms. The monoisotopic (exact) mass is 407 g/mol. The summed E-state index contributed by atoms with van der Waals surface area (Å²) in [5, 5.41) is 10.6. The van der Waals surface area contributed by atoms with Gasteiger partial charge in [0.05, 0.1) is 10.9 Å². The van der Waals surface area contributed by atoms with Gasteiger partial charge in [-0.15, -0.1) is 0 Å². The maximum atomic E-state index is 12.8. The van der Waals surface area contributed by atoms with Crippen molar-refractivity contribution in [1.82, 2.24) is 19.1 Å². The molecule has 0 saturated heterocycles. The second-order valence-electron chi connectivity index (χ2n) is 7.93. The van der Waals surface area contributed by atoms with E-state index in [0.717, 1.165) is 5.39 Å². The Morgan fingerprint density at radius 3 is 2.57 bits per heavy atom. The van der Waals surface area contributed by atoms with Gasteiger partial charge < -0.3 is 20.1 Å². The lowest BCUT2D eigenvalue weighted by Gasteiger charge is -2.19. The van der Waals surface area contributed by atoms with E-state index in [1.54, 1.807) is 33.2 Å². The van der Waals surface area contributed by atoms with Crippen LogP contribution in [-0.2, 0) is 16.1 Å². The van der Waals surface area contributed by atoms with Crippen molar-refractivity contribution in [2.75, 3.05) is 5.73 Å². The van der Waals surface area contributed by atoms with E-state index in [2.05, 4.69) is 9.97 Å². The number of nitrogen functional groups attached to an aromatic ring is 1. The molecule has 0 aliphatic carbocycles. The number of nitrogens with zero attached hydrogens (tertiary/aromatic N) is 4. The van der Waals surface area contributed by atoms with Crippen LogP contribution < -0.4 is 5.73 Å². The highest BCUT2D eigenvalue weighted by Gasteiger charge is 2.24. The molecule has 0 spiro atoms. The number of rotatable bonds is 3. The number of carbonyl (C=O) groups is 2. The quantitative estimate of drug-likeness (QED) is 0.532. The first-order valence-corrected chi connectivity index (χ1v) is 9.30. The fourth-order valence-electron chi connectivity index (χ4n) is 3.47. The molecule has 3 heterocycles. The van der Waals surface area contributed by atoms with Crippen LogP contribution in [0.2, 0.25) is 0 Å². The van der Waals surface area contributed by atoms with Gasteiger partial charge in [0, 0.05) is 28.9 Å². The van der Waals surface area contributed by atoms with E-state index in [1.165, 1.54) is 15.5 Å². The van der Waals surface area contributed by atoms with Gasteiger partial charge in [-0.1, -0.05) is 18.2 Å². The zero-order valence-corrected chi connectivity index (χ0v) is 16.8. The van der Waals surface area contributed by atoms with Crippen molar-refractivity contribution in [2.45, 2.75) is 32.9 Å². The third-order valence-electron chi connectivity index (χ3n) is 4.58. The molecule has 154 valence electrons. The van der Waals surface area contributed by atoms with E-state index < -0.39 is 17.7 Å². The van der Waals surface area contributed by atoms with Crippen LogP contribution in [0, 0.1) is 0 Å². The average molecular weight is 407 g/mol. The van der Waals surface area contributed by atoms with Gasteiger partial charge in [-0.3, -0.25) is 9.36 Å². The summed E-state index contributed by atoms with van der Waals surface area (Å²) in [5.74, 6) is -0.778. The predicted molar refractivity (Wildman–Crippen MR) is 112 cm³/mol. The number of hydrogen-bond acceptors (Lipinski definition) is 6. The van der Waals surface area contributed by atoms with Crippen LogP contribution in [0.1, 0.15) is 20.8 Å². The smallest absolute Gasteiger partial charge is 0.419 e. The SMILES string of the molecule is CC(C)(C)OC(=O)n1cc(-c2cn(CC(=O)O)c3ncnc(N)c23)c2ccccc21. The molecule has 9 nitrogen and oxygen atoms in total. The number of carboxylic acids is 1. The summed E-state index contributed by atoms with van der Waals surface area (Å²) < 4.78 is 8.49. The molecule has 3 N–H and O–H groups in total. The molecule has 0 aliphatic rings. The summed E-state index contributed by atoms with van der Waals surface area (Å²) >= 11 is 0. The molecule has 1 aromatic carbocycles. The Kier molecular flexibility index (Phi) is 4.45. The van der Waals surface area contributed by atoms with Gasteiger partial charge >= 0.3 is 12.1 Å². The Balaban J connectivity index is 1.98. The van der Waals surface area contributed by atoms with Crippen LogP contribution in [0.5, 0.6) is 0 Å². The van der Waals surface area contributed by atoms with Gasteiger partial charge in [-0.05, 0) is 26.8 Å². The van der Waals surface area contributed by atoms with Crippen LogP contribution in [0.4, 0.5) is 10.6 Å². The van der Waals surface area contributed by atoms with Crippen LogP contribution in [0.15, 0.2) is 43.0 Å². The van der Waals surface area contributed by atoms with E-state index in [-0.39, 0.29) is 12.4 Å². The second-order valence-corrected chi connectivity index (χ2v) is 7.93. The highest BCUT2D eigenvalue weighted by Crippen LogP contribution is 2.38. The van der Waals surface area contributed by atoms with Crippen LogP contribution >= 0.6 is 0 Å². The van der Waals surface area contributed by atoms with Gasteiger partial charge in [0.1, 0.15) is 29.9 Å². The minimum Gasteiger partial charge on any atom is -0.480 e. The second kappa shape index (κ2) is 6.87. The van der Waals surface area contributed by atoms with Crippen LogP contribution in [-0.4, -0.2) is 41.9 Å². The number of aromatic nitrogens is 4. The normalized spacial score (nSPS) is 11.8. The zero-order valence-electron chi connectivity index (χ0n) is 16.8. The first kappa shape index (κ1) is 19.4. The Morgan fingerprint density at radius 2 is 1.87 bits per heavy atom. The van der Waals surface area contributed by atoms with E-state index >= 15 is 0 Å². The summed E-state index contributed by atoms with van der Waals surface area (Å²) in [6, 6.07) is 7.39. The molecule has 9 heteroatoms. The predicted octanol–water partition coefficient (Wildman–Crippen LogP) is 3.50. The van der Waals surface area contributed by atoms with Crippen molar-refractivity contribution >= 4 is 39.8 Å². The number of para-hydroxylation sites is 1. The average Bonchev–Trinajstić information content (AvgIpc) is 3.20. The highest BCUT2D eigenvalue weighted by molar-refractivity contribution is 6.09. The van der Waals surface area contributed by atoms with Crippen molar-refractivity contribution in [3.05, 3.63) is 43.0 Å². The number of nitrogens with two attached hydrogens (primary N) is 1. The molecule has 0 aliphatic heterocycles. The maximum Gasteiger partial charge on any atom is 0.419 e. The lowest BCUT2D eigenvalue weighted by molar-refractivity contribution is -0.137. The van der Waals surface area contributed by atoms with Gasteiger partial charge in [-0.25, -0.2) is 14.8 Å². The van der Waals surface area contributed by atoms with Crippen LogP contribution in [0.3, 0.4) is 0 Å². The summed E-state index contributed by atoms with van der Waals surface area (Å²) in [5.41, 5.74) is 7.88. The van der Waals surface area contributed by atoms with Crippen molar-refractivity contribution in [2.24, 2.45) is 0 Å². The van der Waals surface area contributed by atoms with Crippen molar-refractivity contribution < 1.29 is 19.4 Å². The fraction of sp³-hybridized carbons (Fsp3) is 0.238. The highest BCUT2D eigenvalue weighted by atomic mass is 16.6. The zero-order chi connectivity index (χ0) is 21.6. The Labute approximate surface area is 171 Å². The van der Waals surface area contributed by atoms with E-state index in [1.807, 2.05) is 24.3 Å². The lowest BCUT2D eigenvalue weighted by Crippen LogP contribution is -2.26. The first-order valence-electron chi connectivity index (χ1n) is 9.30. The number of anilines is 1. The van der Waals surface area contributed by atoms with E-state index in [0.29, 0.717) is 27.7 Å². The molecule has 0 saturated carbocycles. The molecule has 4 rings (SSSR count).